The number of ether oxygens (including phenoxy) is 1. The summed E-state index contributed by atoms with van der Waals surface area (Å²) in [5, 5.41) is 6.03. The Kier molecular flexibility index (Phi) is 4.70. The van der Waals surface area contributed by atoms with Crippen LogP contribution in [0.2, 0.25) is 0 Å². The second kappa shape index (κ2) is 6.51. The molecule has 0 atom stereocenters. The fourth-order valence-corrected chi connectivity index (χ4v) is 1.89. The number of amides is 1. The number of aryl methyl sites for hydroxylation is 1. The van der Waals surface area contributed by atoms with Gasteiger partial charge < -0.3 is 15.0 Å². The van der Waals surface area contributed by atoms with E-state index in [0.717, 1.165) is 17.1 Å². The van der Waals surface area contributed by atoms with Crippen LogP contribution in [0.15, 0.2) is 30.6 Å². The van der Waals surface area contributed by atoms with E-state index >= 15 is 0 Å². The first kappa shape index (κ1) is 15.9. The van der Waals surface area contributed by atoms with Gasteiger partial charge in [0.2, 0.25) is 0 Å². The smallest absolute Gasteiger partial charge is 0.412 e. The molecule has 0 unspecified atom stereocenters. The first-order chi connectivity index (χ1) is 10.3. The summed E-state index contributed by atoms with van der Waals surface area (Å²) in [6, 6.07) is 5.66. The Morgan fingerprint density at radius 2 is 2.14 bits per heavy atom. The number of nitrogens with zero attached hydrogens (tertiary/aromatic N) is 1. The van der Waals surface area contributed by atoms with E-state index in [1.54, 1.807) is 12.4 Å². The molecule has 3 N–H and O–H groups in total. The topological polar surface area (TPSA) is 79.0 Å². The summed E-state index contributed by atoms with van der Waals surface area (Å²) in [7, 11) is 0. The number of H-pyrrole nitrogens is 1. The zero-order valence-corrected chi connectivity index (χ0v) is 13.4. The number of imidazole rings is 1. The number of rotatable bonds is 4. The summed E-state index contributed by atoms with van der Waals surface area (Å²) in [6.07, 6.45) is 3.03. The molecule has 0 saturated carbocycles. The molecule has 0 aliphatic rings. The molecule has 118 valence electrons. The molecule has 1 heterocycles. The number of benzene rings is 1. The van der Waals surface area contributed by atoms with Crippen LogP contribution in [-0.4, -0.2) is 21.7 Å². The van der Waals surface area contributed by atoms with Gasteiger partial charge in [-0.2, -0.15) is 0 Å². The molecule has 1 aromatic heterocycles. The standard InChI is InChI=1S/C16H22N4O2/c1-11-5-6-12(20-15(21)22-16(2,3)4)9-13(11)19-10-14-17-7-8-18-14/h5-9,19H,10H2,1-4H3,(H,17,18)(H,20,21). The van der Waals surface area contributed by atoms with Crippen molar-refractivity contribution in [2.75, 3.05) is 10.6 Å². The van der Waals surface area contributed by atoms with E-state index in [2.05, 4.69) is 20.6 Å². The summed E-state index contributed by atoms with van der Waals surface area (Å²) in [5.74, 6) is 0.852. The lowest BCUT2D eigenvalue weighted by molar-refractivity contribution is 0.0636. The van der Waals surface area contributed by atoms with Gasteiger partial charge in [0.1, 0.15) is 11.4 Å². The summed E-state index contributed by atoms with van der Waals surface area (Å²) < 4.78 is 5.25. The van der Waals surface area contributed by atoms with Crippen molar-refractivity contribution in [3.8, 4) is 0 Å². The van der Waals surface area contributed by atoms with Crippen LogP contribution in [-0.2, 0) is 11.3 Å². The summed E-state index contributed by atoms with van der Waals surface area (Å²) >= 11 is 0. The van der Waals surface area contributed by atoms with Crippen LogP contribution in [0.25, 0.3) is 0 Å². The molecule has 2 rings (SSSR count). The molecule has 6 heteroatoms. The van der Waals surface area contributed by atoms with E-state index in [1.165, 1.54) is 0 Å². The van der Waals surface area contributed by atoms with E-state index in [9.17, 15) is 4.79 Å². The minimum Gasteiger partial charge on any atom is -0.444 e. The number of hydrogen-bond donors (Lipinski definition) is 3. The van der Waals surface area contributed by atoms with Gasteiger partial charge >= 0.3 is 6.09 Å². The second-order valence-corrected chi connectivity index (χ2v) is 6.05. The van der Waals surface area contributed by atoms with E-state index < -0.39 is 11.7 Å². The third kappa shape index (κ3) is 4.80. The van der Waals surface area contributed by atoms with Crippen LogP contribution in [0, 0.1) is 6.92 Å². The largest absolute Gasteiger partial charge is 0.444 e. The van der Waals surface area contributed by atoms with Gasteiger partial charge in [-0.05, 0) is 45.4 Å². The lowest BCUT2D eigenvalue weighted by atomic mass is 10.1. The van der Waals surface area contributed by atoms with Gasteiger partial charge in [0.15, 0.2) is 0 Å². The average molecular weight is 302 g/mol. The lowest BCUT2D eigenvalue weighted by Crippen LogP contribution is -2.27. The van der Waals surface area contributed by atoms with Crippen LogP contribution >= 0.6 is 0 Å². The van der Waals surface area contributed by atoms with Crippen molar-refractivity contribution in [1.82, 2.24) is 9.97 Å². The van der Waals surface area contributed by atoms with Crippen LogP contribution in [0.1, 0.15) is 32.2 Å². The molecule has 0 spiro atoms. The Morgan fingerprint density at radius 1 is 1.36 bits per heavy atom. The molecule has 1 aromatic carbocycles. The van der Waals surface area contributed by atoms with Gasteiger partial charge in [-0.3, -0.25) is 5.32 Å². The van der Waals surface area contributed by atoms with Crippen molar-refractivity contribution in [3.63, 3.8) is 0 Å². The third-order valence-electron chi connectivity index (χ3n) is 2.88. The number of nitrogens with one attached hydrogen (secondary N) is 3. The molecule has 6 nitrogen and oxygen atoms in total. The number of carbonyl (C=O) groups excluding carboxylic acids is 1. The molecular weight excluding hydrogens is 280 g/mol. The summed E-state index contributed by atoms with van der Waals surface area (Å²) in [4.78, 5) is 19.0. The van der Waals surface area contributed by atoms with E-state index in [4.69, 9.17) is 4.74 Å². The number of aromatic nitrogens is 2. The molecule has 0 aliphatic heterocycles. The number of aromatic amines is 1. The van der Waals surface area contributed by atoms with E-state index in [-0.39, 0.29) is 0 Å². The highest BCUT2D eigenvalue weighted by Crippen LogP contribution is 2.21. The maximum atomic E-state index is 11.8. The Hall–Kier alpha value is -2.50. The van der Waals surface area contributed by atoms with Crippen molar-refractivity contribution < 1.29 is 9.53 Å². The maximum absolute atomic E-state index is 11.8. The van der Waals surface area contributed by atoms with E-state index in [1.807, 2.05) is 45.9 Å². The molecule has 0 aliphatic carbocycles. The maximum Gasteiger partial charge on any atom is 0.412 e. The van der Waals surface area contributed by atoms with Crippen molar-refractivity contribution in [2.24, 2.45) is 0 Å². The van der Waals surface area contributed by atoms with Crippen molar-refractivity contribution in [1.29, 1.82) is 0 Å². The normalized spacial score (nSPS) is 11.1. The summed E-state index contributed by atoms with van der Waals surface area (Å²) in [6.45, 7) is 8.08. The minimum absolute atomic E-state index is 0.465. The molecule has 2 aromatic rings. The van der Waals surface area contributed by atoms with Crippen LogP contribution in [0.4, 0.5) is 16.2 Å². The number of hydrogen-bond acceptors (Lipinski definition) is 4. The monoisotopic (exact) mass is 302 g/mol. The van der Waals surface area contributed by atoms with Crippen molar-refractivity contribution in [2.45, 2.75) is 39.8 Å². The SMILES string of the molecule is Cc1ccc(NC(=O)OC(C)(C)C)cc1NCc1ncc[nH]1. The molecule has 1 amide bonds. The van der Waals surface area contributed by atoms with Crippen LogP contribution in [0.5, 0.6) is 0 Å². The quantitative estimate of drug-likeness (QED) is 0.805. The Balaban J connectivity index is 2.01. The van der Waals surface area contributed by atoms with Crippen molar-refractivity contribution in [3.05, 3.63) is 42.0 Å². The minimum atomic E-state index is -0.519. The molecule has 0 radical (unpaired) electrons. The van der Waals surface area contributed by atoms with Gasteiger partial charge in [-0.25, -0.2) is 9.78 Å². The number of anilines is 2. The first-order valence-corrected chi connectivity index (χ1v) is 7.16. The van der Waals surface area contributed by atoms with Gasteiger partial charge in [0, 0.05) is 23.8 Å². The number of carbonyl (C=O) groups is 1. The fraction of sp³-hybridized carbons (Fsp3) is 0.375. The third-order valence-corrected chi connectivity index (χ3v) is 2.88. The Bertz CT molecular complexity index is 630. The zero-order chi connectivity index (χ0) is 16.2. The molecule has 0 bridgehead atoms. The fourth-order valence-electron chi connectivity index (χ4n) is 1.89. The van der Waals surface area contributed by atoms with Gasteiger partial charge in [-0.15, -0.1) is 0 Å². The van der Waals surface area contributed by atoms with Crippen LogP contribution in [0.3, 0.4) is 0 Å². The van der Waals surface area contributed by atoms with Crippen molar-refractivity contribution >= 4 is 17.5 Å². The van der Waals surface area contributed by atoms with Gasteiger partial charge in [0.05, 0.1) is 6.54 Å². The Labute approximate surface area is 130 Å². The highest BCUT2D eigenvalue weighted by atomic mass is 16.6. The zero-order valence-electron chi connectivity index (χ0n) is 13.4. The second-order valence-electron chi connectivity index (χ2n) is 6.05. The first-order valence-electron chi connectivity index (χ1n) is 7.16. The molecule has 22 heavy (non-hydrogen) atoms. The van der Waals surface area contributed by atoms with Crippen LogP contribution < -0.4 is 10.6 Å². The van der Waals surface area contributed by atoms with E-state index in [0.29, 0.717) is 12.2 Å². The highest BCUT2D eigenvalue weighted by Gasteiger charge is 2.16. The molecule has 0 fully saturated rings. The predicted molar refractivity (Wildman–Crippen MR) is 87.0 cm³/mol. The highest BCUT2D eigenvalue weighted by molar-refractivity contribution is 5.85. The summed E-state index contributed by atoms with van der Waals surface area (Å²) in [5.41, 5.74) is 2.18. The van der Waals surface area contributed by atoms with Gasteiger partial charge in [0.25, 0.3) is 0 Å². The average Bonchev–Trinajstić information content (AvgIpc) is 2.90. The molecular formula is C16H22N4O2. The molecule has 0 saturated heterocycles. The lowest BCUT2D eigenvalue weighted by Gasteiger charge is -2.20. The Morgan fingerprint density at radius 3 is 2.77 bits per heavy atom. The van der Waals surface area contributed by atoms with Gasteiger partial charge in [-0.1, -0.05) is 6.07 Å². The predicted octanol–water partition coefficient (Wildman–Crippen LogP) is 3.68.